The first-order valence-electron chi connectivity index (χ1n) is 8.31. The van der Waals surface area contributed by atoms with Gasteiger partial charge < -0.3 is 18.8 Å². The van der Waals surface area contributed by atoms with Crippen molar-refractivity contribution in [1.29, 1.82) is 0 Å². The van der Waals surface area contributed by atoms with Gasteiger partial charge in [0.1, 0.15) is 17.9 Å². The van der Waals surface area contributed by atoms with Crippen molar-refractivity contribution in [2.75, 3.05) is 26.8 Å². The molecule has 0 saturated carbocycles. The number of hydrogen-bond acceptors (Lipinski definition) is 5. The van der Waals surface area contributed by atoms with Crippen molar-refractivity contribution < 1.29 is 23.1 Å². The van der Waals surface area contributed by atoms with Gasteiger partial charge in [0.25, 0.3) is 5.91 Å². The number of benzene rings is 2. The third kappa shape index (κ3) is 4.84. The number of carbonyl (C=O) groups is 1. The van der Waals surface area contributed by atoms with Gasteiger partial charge in [-0.15, -0.1) is 0 Å². The van der Waals surface area contributed by atoms with E-state index >= 15 is 0 Å². The summed E-state index contributed by atoms with van der Waals surface area (Å²) < 4.78 is 29.3. The highest BCUT2D eigenvalue weighted by Crippen LogP contribution is 2.19. The number of amides is 1. The first-order chi connectivity index (χ1) is 13.0. The molecule has 0 N–H and O–H groups in total. The number of carbonyl (C=O) groups excluding carboxylic acids is 1. The minimum Gasteiger partial charge on any atom is -0.489 e. The second kappa shape index (κ2) is 8.35. The SMILES string of the molecule is CN(CCOc1ccccc1F)C(=O)COc1ccc2ccc(=O)oc2c1. The van der Waals surface area contributed by atoms with Crippen molar-refractivity contribution in [3.8, 4) is 11.5 Å². The van der Waals surface area contributed by atoms with E-state index < -0.39 is 11.4 Å². The number of para-hydroxylation sites is 1. The minimum absolute atomic E-state index is 0.146. The topological polar surface area (TPSA) is 69.0 Å². The summed E-state index contributed by atoms with van der Waals surface area (Å²) in [7, 11) is 1.61. The fourth-order valence-corrected chi connectivity index (χ4v) is 2.37. The summed E-state index contributed by atoms with van der Waals surface area (Å²) in [6, 6.07) is 14.1. The van der Waals surface area contributed by atoms with Gasteiger partial charge in [-0.25, -0.2) is 9.18 Å². The maximum absolute atomic E-state index is 13.5. The van der Waals surface area contributed by atoms with Gasteiger partial charge in [0.2, 0.25) is 0 Å². The molecule has 0 spiro atoms. The summed E-state index contributed by atoms with van der Waals surface area (Å²) in [5.74, 6) is -0.145. The van der Waals surface area contributed by atoms with E-state index in [1.807, 2.05) is 0 Å². The Morgan fingerprint density at radius 2 is 1.89 bits per heavy atom. The molecular formula is C20H18FNO5. The number of hydrogen-bond donors (Lipinski definition) is 0. The minimum atomic E-state index is -0.453. The summed E-state index contributed by atoms with van der Waals surface area (Å²) in [5.41, 5.74) is -0.0654. The number of fused-ring (bicyclic) bond motifs is 1. The normalized spacial score (nSPS) is 10.6. The Morgan fingerprint density at radius 1 is 1.11 bits per heavy atom. The Balaban J connectivity index is 1.49. The molecule has 1 amide bonds. The Hall–Kier alpha value is -3.35. The number of ether oxygens (including phenoxy) is 2. The predicted molar refractivity (Wildman–Crippen MR) is 97.5 cm³/mol. The highest BCUT2D eigenvalue weighted by atomic mass is 19.1. The molecule has 27 heavy (non-hydrogen) atoms. The predicted octanol–water partition coefficient (Wildman–Crippen LogP) is 2.85. The fraction of sp³-hybridized carbons (Fsp3) is 0.200. The van der Waals surface area contributed by atoms with Crippen LogP contribution in [0.3, 0.4) is 0 Å². The molecule has 0 fully saturated rings. The van der Waals surface area contributed by atoms with Gasteiger partial charge in [-0.05, 0) is 30.3 Å². The summed E-state index contributed by atoms with van der Waals surface area (Å²) in [5, 5.41) is 0.760. The van der Waals surface area contributed by atoms with Crippen LogP contribution in [0.1, 0.15) is 0 Å². The summed E-state index contributed by atoms with van der Waals surface area (Å²) in [6.07, 6.45) is 0. The molecule has 1 aromatic heterocycles. The van der Waals surface area contributed by atoms with E-state index in [2.05, 4.69) is 0 Å². The third-order valence-electron chi connectivity index (χ3n) is 3.90. The highest BCUT2D eigenvalue weighted by Gasteiger charge is 2.11. The summed E-state index contributed by atoms with van der Waals surface area (Å²) in [6.45, 7) is 0.256. The van der Waals surface area contributed by atoms with Crippen LogP contribution in [0, 0.1) is 5.82 Å². The van der Waals surface area contributed by atoms with Gasteiger partial charge >= 0.3 is 5.63 Å². The molecule has 0 saturated heterocycles. The van der Waals surface area contributed by atoms with Crippen molar-refractivity contribution in [1.82, 2.24) is 4.90 Å². The van der Waals surface area contributed by atoms with Crippen molar-refractivity contribution in [3.05, 3.63) is 70.8 Å². The molecule has 0 unspecified atom stereocenters. The Kier molecular flexibility index (Phi) is 5.71. The Labute approximate surface area is 154 Å². The fourth-order valence-electron chi connectivity index (χ4n) is 2.37. The van der Waals surface area contributed by atoms with Crippen molar-refractivity contribution in [2.45, 2.75) is 0 Å². The molecular weight excluding hydrogens is 353 g/mol. The lowest BCUT2D eigenvalue weighted by Crippen LogP contribution is -2.34. The molecule has 0 radical (unpaired) electrons. The van der Waals surface area contributed by atoms with Crippen LogP contribution < -0.4 is 15.1 Å². The Morgan fingerprint density at radius 3 is 2.70 bits per heavy atom. The van der Waals surface area contributed by atoms with Gasteiger partial charge in [0, 0.05) is 24.6 Å². The first kappa shape index (κ1) is 18.4. The molecule has 7 heteroatoms. The second-order valence-corrected chi connectivity index (χ2v) is 5.84. The maximum atomic E-state index is 13.5. The molecule has 0 aliphatic heterocycles. The zero-order valence-electron chi connectivity index (χ0n) is 14.7. The average Bonchev–Trinajstić information content (AvgIpc) is 2.67. The van der Waals surface area contributed by atoms with Crippen LogP contribution in [0.25, 0.3) is 11.0 Å². The lowest BCUT2D eigenvalue weighted by molar-refractivity contribution is -0.132. The van der Waals surface area contributed by atoms with Crippen LogP contribution in [0.15, 0.2) is 63.8 Å². The van der Waals surface area contributed by atoms with Crippen LogP contribution in [0.2, 0.25) is 0 Å². The number of rotatable bonds is 7. The molecule has 3 rings (SSSR count). The van der Waals surface area contributed by atoms with Gasteiger partial charge in [-0.1, -0.05) is 12.1 Å². The first-order valence-corrected chi connectivity index (χ1v) is 8.31. The molecule has 140 valence electrons. The smallest absolute Gasteiger partial charge is 0.336 e. The molecule has 6 nitrogen and oxygen atoms in total. The van der Waals surface area contributed by atoms with E-state index in [1.54, 1.807) is 43.4 Å². The molecule has 0 aliphatic carbocycles. The molecule has 3 aromatic rings. The summed E-state index contributed by atoms with van der Waals surface area (Å²) in [4.78, 5) is 24.8. The number of halogens is 1. The van der Waals surface area contributed by atoms with Crippen molar-refractivity contribution in [3.63, 3.8) is 0 Å². The largest absolute Gasteiger partial charge is 0.489 e. The highest BCUT2D eigenvalue weighted by molar-refractivity contribution is 5.79. The number of nitrogens with zero attached hydrogens (tertiary/aromatic N) is 1. The molecule has 0 aliphatic rings. The standard InChI is InChI=1S/C20H18FNO5/c1-22(10-11-25-17-5-3-2-4-16(17)21)19(23)13-26-15-8-6-14-7-9-20(24)27-18(14)12-15/h2-9,12H,10-11,13H2,1H3. The lowest BCUT2D eigenvalue weighted by atomic mass is 10.2. The third-order valence-corrected chi connectivity index (χ3v) is 3.90. The van der Waals surface area contributed by atoms with Gasteiger partial charge in [0.15, 0.2) is 18.2 Å². The second-order valence-electron chi connectivity index (χ2n) is 5.84. The zero-order valence-corrected chi connectivity index (χ0v) is 14.7. The molecule has 0 atom stereocenters. The van der Waals surface area contributed by atoms with E-state index in [0.717, 1.165) is 5.39 Å². The van der Waals surface area contributed by atoms with Crippen molar-refractivity contribution >= 4 is 16.9 Å². The van der Waals surface area contributed by atoms with Gasteiger partial charge in [0.05, 0.1) is 6.54 Å². The van der Waals surface area contributed by atoms with Crippen LogP contribution in [0.5, 0.6) is 11.5 Å². The zero-order chi connectivity index (χ0) is 19.2. The van der Waals surface area contributed by atoms with Crippen molar-refractivity contribution in [2.24, 2.45) is 0 Å². The lowest BCUT2D eigenvalue weighted by Gasteiger charge is -2.18. The van der Waals surface area contributed by atoms with Crippen LogP contribution in [-0.4, -0.2) is 37.6 Å². The quantitative estimate of drug-likeness (QED) is 0.598. The van der Waals surface area contributed by atoms with Gasteiger partial charge in [-0.3, -0.25) is 4.79 Å². The van der Waals surface area contributed by atoms with Crippen LogP contribution in [-0.2, 0) is 4.79 Å². The average molecular weight is 371 g/mol. The van der Waals surface area contributed by atoms with E-state index in [-0.39, 0.29) is 31.4 Å². The number of likely N-dealkylation sites (N-methyl/N-ethyl adjacent to an activating group) is 1. The van der Waals surface area contributed by atoms with E-state index in [4.69, 9.17) is 13.9 Å². The molecule has 1 heterocycles. The van der Waals surface area contributed by atoms with Gasteiger partial charge in [-0.2, -0.15) is 0 Å². The maximum Gasteiger partial charge on any atom is 0.336 e. The van der Waals surface area contributed by atoms with E-state index in [0.29, 0.717) is 11.3 Å². The van der Waals surface area contributed by atoms with Crippen LogP contribution in [0.4, 0.5) is 4.39 Å². The monoisotopic (exact) mass is 371 g/mol. The summed E-state index contributed by atoms with van der Waals surface area (Å²) >= 11 is 0. The van der Waals surface area contributed by atoms with Crippen LogP contribution >= 0.6 is 0 Å². The Bertz CT molecular complexity index is 1000. The van der Waals surface area contributed by atoms with E-state index in [1.165, 1.54) is 23.1 Å². The molecule has 2 aromatic carbocycles. The molecule has 0 bridgehead atoms. The van der Waals surface area contributed by atoms with E-state index in [9.17, 15) is 14.0 Å².